The molecule has 2 aromatic rings. The summed E-state index contributed by atoms with van der Waals surface area (Å²) < 4.78 is 0. The second-order valence-electron chi connectivity index (χ2n) is 2.92. The summed E-state index contributed by atoms with van der Waals surface area (Å²) in [5.41, 5.74) is 6.63. The molecule has 0 radical (unpaired) electrons. The third-order valence-corrected chi connectivity index (χ3v) is 2.65. The molecule has 6 nitrogen and oxygen atoms in total. The molecule has 2 aromatic heterocycles. The molecule has 0 saturated heterocycles. The van der Waals surface area contributed by atoms with E-state index in [0.717, 1.165) is 5.01 Å². The molecule has 0 aromatic carbocycles. The van der Waals surface area contributed by atoms with Gasteiger partial charge in [-0.2, -0.15) is 5.10 Å². The highest BCUT2D eigenvalue weighted by atomic mass is 32.1. The monoisotopic (exact) mass is 224 g/mol. The number of hydrogen-bond acceptors (Lipinski definition) is 5. The maximum absolute atomic E-state index is 10.7. The Hall–Kier alpha value is -1.89. The molecule has 78 valence electrons. The minimum absolute atomic E-state index is 0.101. The number of aryl methyl sites for hydroxylation is 1. The molecule has 0 atom stereocenters. The van der Waals surface area contributed by atoms with Gasteiger partial charge < -0.3 is 10.8 Å². The Morgan fingerprint density at radius 1 is 1.67 bits per heavy atom. The lowest BCUT2D eigenvalue weighted by Crippen LogP contribution is -2.01. The average molecular weight is 224 g/mol. The number of H-pyrrole nitrogens is 1. The minimum atomic E-state index is -1.13. The molecule has 0 fully saturated rings. The number of nitrogens with two attached hydrogens (primary N) is 1. The van der Waals surface area contributed by atoms with Crippen LogP contribution in [0.3, 0.4) is 0 Å². The fraction of sp³-hybridized carbons (Fsp3) is 0.125. The fourth-order valence-electron chi connectivity index (χ4n) is 1.18. The van der Waals surface area contributed by atoms with Crippen molar-refractivity contribution in [1.29, 1.82) is 0 Å². The number of aromatic carboxylic acids is 1. The van der Waals surface area contributed by atoms with Crippen LogP contribution in [0.15, 0.2) is 5.38 Å². The number of hydrogen-bond donors (Lipinski definition) is 3. The largest absolute Gasteiger partial charge is 0.476 e. The Morgan fingerprint density at radius 2 is 2.40 bits per heavy atom. The second-order valence-corrected chi connectivity index (χ2v) is 3.98. The van der Waals surface area contributed by atoms with Crippen LogP contribution in [-0.2, 0) is 0 Å². The van der Waals surface area contributed by atoms with E-state index in [9.17, 15) is 4.79 Å². The standard InChI is InChI=1S/C8H8N4O2S/c1-3-10-4(2-15-3)6-5(9)7(8(13)14)12-11-6/h2H,9H2,1H3,(H,11,12)(H,13,14). The van der Waals surface area contributed by atoms with E-state index in [0.29, 0.717) is 11.4 Å². The molecular formula is C8H8N4O2S. The normalized spacial score (nSPS) is 10.5. The summed E-state index contributed by atoms with van der Waals surface area (Å²) in [5, 5.41) is 17.6. The van der Waals surface area contributed by atoms with Gasteiger partial charge in [-0.15, -0.1) is 11.3 Å². The van der Waals surface area contributed by atoms with Crippen LogP contribution < -0.4 is 5.73 Å². The Labute approximate surface area is 88.8 Å². The predicted molar refractivity (Wildman–Crippen MR) is 55.8 cm³/mol. The zero-order valence-electron chi connectivity index (χ0n) is 7.81. The van der Waals surface area contributed by atoms with E-state index in [4.69, 9.17) is 10.8 Å². The molecule has 0 spiro atoms. The van der Waals surface area contributed by atoms with Gasteiger partial charge in [-0.3, -0.25) is 5.10 Å². The molecule has 0 aliphatic carbocycles. The van der Waals surface area contributed by atoms with E-state index >= 15 is 0 Å². The Kier molecular flexibility index (Phi) is 2.16. The molecule has 2 heterocycles. The first-order chi connectivity index (χ1) is 7.09. The number of nitrogens with zero attached hydrogens (tertiary/aromatic N) is 2. The SMILES string of the molecule is Cc1nc(-c2n[nH]c(C(=O)O)c2N)cs1. The van der Waals surface area contributed by atoms with Crippen molar-refractivity contribution in [3.8, 4) is 11.4 Å². The van der Waals surface area contributed by atoms with E-state index in [1.54, 1.807) is 5.38 Å². The van der Waals surface area contributed by atoms with Gasteiger partial charge in [-0.05, 0) is 6.92 Å². The molecule has 0 bridgehead atoms. The topological polar surface area (TPSA) is 105 Å². The lowest BCUT2D eigenvalue weighted by molar-refractivity contribution is 0.0691. The van der Waals surface area contributed by atoms with Crippen molar-refractivity contribution in [2.75, 3.05) is 5.73 Å². The van der Waals surface area contributed by atoms with E-state index < -0.39 is 5.97 Å². The summed E-state index contributed by atoms with van der Waals surface area (Å²) in [5.74, 6) is -1.13. The maximum atomic E-state index is 10.7. The molecular weight excluding hydrogens is 216 g/mol. The molecule has 4 N–H and O–H groups in total. The van der Waals surface area contributed by atoms with E-state index in [1.807, 2.05) is 6.92 Å². The molecule has 7 heteroatoms. The van der Waals surface area contributed by atoms with Crippen LogP contribution in [-0.4, -0.2) is 26.3 Å². The van der Waals surface area contributed by atoms with Gasteiger partial charge in [0, 0.05) is 5.38 Å². The smallest absolute Gasteiger partial charge is 0.356 e. The number of aromatic amines is 1. The molecule has 0 unspecified atom stereocenters. The highest BCUT2D eigenvalue weighted by Crippen LogP contribution is 2.26. The van der Waals surface area contributed by atoms with Gasteiger partial charge in [0.05, 0.1) is 10.7 Å². The third-order valence-electron chi connectivity index (χ3n) is 1.88. The van der Waals surface area contributed by atoms with Crippen molar-refractivity contribution < 1.29 is 9.90 Å². The number of carboxylic acids is 1. The van der Waals surface area contributed by atoms with Crippen molar-refractivity contribution in [3.63, 3.8) is 0 Å². The van der Waals surface area contributed by atoms with Crippen LogP contribution in [0.1, 0.15) is 15.5 Å². The molecule has 0 amide bonds. The first-order valence-corrected chi connectivity index (χ1v) is 4.97. The number of nitrogen functional groups attached to an aromatic ring is 1. The second kappa shape index (κ2) is 3.35. The summed E-state index contributed by atoms with van der Waals surface area (Å²) in [6.45, 7) is 1.86. The van der Waals surface area contributed by atoms with Crippen LogP contribution in [0.25, 0.3) is 11.4 Å². The number of nitrogens with one attached hydrogen (secondary N) is 1. The van der Waals surface area contributed by atoms with Crippen LogP contribution in [0, 0.1) is 6.92 Å². The Balaban J connectivity index is 2.50. The molecule has 0 aliphatic rings. The highest BCUT2D eigenvalue weighted by Gasteiger charge is 2.18. The summed E-state index contributed by atoms with van der Waals surface area (Å²) in [4.78, 5) is 14.9. The Morgan fingerprint density at radius 3 is 2.87 bits per heavy atom. The van der Waals surface area contributed by atoms with Crippen molar-refractivity contribution in [3.05, 3.63) is 16.1 Å². The van der Waals surface area contributed by atoms with Crippen LogP contribution in [0.4, 0.5) is 5.69 Å². The van der Waals surface area contributed by atoms with Gasteiger partial charge in [0.25, 0.3) is 0 Å². The number of rotatable bonds is 2. The van der Waals surface area contributed by atoms with Crippen molar-refractivity contribution >= 4 is 23.0 Å². The van der Waals surface area contributed by atoms with Gasteiger partial charge in [-0.1, -0.05) is 0 Å². The lowest BCUT2D eigenvalue weighted by Gasteiger charge is -1.92. The number of aromatic nitrogens is 3. The number of carboxylic acid groups (broad SMARTS) is 1. The lowest BCUT2D eigenvalue weighted by atomic mass is 10.2. The molecule has 2 rings (SSSR count). The van der Waals surface area contributed by atoms with Crippen LogP contribution >= 0.6 is 11.3 Å². The zero-order valence-corrected chi connectivity index (χ0v) is 8.63. The first kappa shape index (κ1) is 9.66. The van der Waals surface area contributed by atoms with Gasteiger partial charge in [0.2, 0.25) is 0 Å². The molecule has 0 aliphatic heterocycles. The van der Waals surface area contributed by atoms with E-state index in [1.165, 1.54) is 11.3 Å². The van der Waals surface area contributed by atoms with E-state index in [-0.39, 0.29) is 11.4 Å². The highest BCUT2D eigenvalue weighted by molar-refractivity contribution is 7.09. The number of thiazole rings is 1. The summed E-state index contributed by atoms with van der Waals surface area (Å²) in [6.07, 6.45) is 0. The first-order valence-electron chi connectivity index (χ1n) is 4.09. The minimum Gasteiger partial charge on any atom is -0.476 e. The van der Waals surface area contributed by atoms with Crippen LogP contribution in [0.5, 0.6) is 0 Å². The van der Waals surface area contributed by atoms with Gasteiger partial charge in [-0.25, -0.2) is 9.78 Å². The quantitative estimate of drug-likeness (QED) is 0.709. The summed E-state index contributed by atoms with van der Waals surface area (Å²) in [7, 11) is 0. The average Bonchev–Trinajstić information content (AvgIpc) is 2.71. The summed E-state index contributed by atoms with van der Waals surface area (Å²) in [6, 6.07) is 0. The summed E-state index contributed by atoms with van der Waals surface area (Å²) >= 11 is 1.46. The van der Waals surface area contributed by atoms with Gasteiger partial charge in [0.1, 0.15) is 11.4 Å². The molecule has 15 heavy (non-hydrogen) atoms. The van der Waals surface area contributed by atoms with Crippen molar-refractivity contribution in [1.82, 2.24) is 15.2 Å². The maximum Gasteiger partial charge on any atom is 0.356 e. The van der Waals surface area contributed by atoms with E-state index in [2.05, 4.69) is 15.2 Å². The van der Waals surface area contributed by atoms with Crippen molar-refractivity contribution in [2.45, 2.75) is 6.92 Å². The number of carbonyl (C=O) groups is 1. The van der Waals surface area contributed by atoms with Gasteiger partial charge in [0.15, 0.2) is 5.69 Å². The third kappa shape index (κ3) is 1.57. The predicted octanol–water partition coefficient (Wildman–Crippen LogP) is 1.12. The number of anilines is 1. The fourth-order valence-corrected chi connectivity index (χ4v) is 1.78. The Bertz CT molecular complexity index is 516. The molecule has 0 saturated carbocycles. The van der Waals surface area contributed by atoms with Crippen LogP contribution in [0.2, 0.25) is 0 Å². The van der Waals surface area contributed by atoms with Gasteiger partial charge >= 0.3 is 5.97 Å². The zero-order chi connectivity index (χ0) is 11.0. The van der Waals surface area contributed by atoms with Crippen molar-refractivity contribution in [2.24, 2.45) is 0 Å².